The van der Waals surface area contributed by atoms with Gasteiger partial charge in [0, 0.05) is 11.6 Å². The quantitative estimate of drug-likeness (QED) is 0.483. The molecule has 0 aromatic heterocycles. The molecule has 0 aromatic rings. The van der Waals surface area contributed by atoms with Crippen LogP contribution in [0.2, 0.25) is 0 Å². The molecule has 0 fully saturated rings. The summed E-state index contributed by atoms with van der Waals surface area (Å²) in [5, 5.41) is 0. The van der Waals surface area contributed by atoms with Gasteiger partial charge in [-0.25, -0.2) is 4.79 Å². The topological polar surface area (TPSA) is 29.5 Å². The largest absolute Gasteiger partial charge is 0.461 e. The fourth-order valence-corrected chi connectivity index (χ4v) is 1.12. The third kappa shape index (κ3) is 5.02. The number of hydrogen-bond donors (Lipinski definition) is 0. The van der Waals surface area contributed by atoms with Gasteiger partial charge in [0.2, 0.25) is 0 Å². The minimum Gasteiger partial charge on any atom is -0.461 e. The Labute approximate surface area is 86.7 Å². The van der Waals surface area contributed by atoms with E-state index in [1.54, 1.807) is 6.92 Å². The van der Waals surface area contributed by atoms with Crippen molar-refractivity contribution in [2.24, 2.45) is 0 Å². The summed E-state index contributed by atoms with van der Waals surface area (Å²) in [4.78, 5) is 13.2. The maximum absolute atomic E-state index is 11.1. The maximum Gasteiger partial charge on any atom is 0.333 e. The number of carbonyl (C=O) groups is 1. The Balaban J connectivity index is 3.93. The smallest absolute Gasteiger partial charge is 0.333 e. The van der Waals surface area contributed by atoms with Crippen LogP contribution in [-0.4, -0.2) is 37.6 Å². The molecule has 0 aromatic carbocycles. The first-order valence-corrected chi connectivity index (χ1v) is 4.98. The molecule has 0 amide bonds. The van der Waals surface area contributed by atoms with Crippen LogP contribution in [0.3, 0.4) is 0 Å². The molecule has 0 saturated heterocycles. The van der Waals surface area contributed by atoms with E-state index in [1.807, 2.05) is 14.1 Å². The summed E-state index contributed by atoms with van der Waals surface area (Å²) in [6.45, 7) is 7.77. The van der Waals surface area contributed by atoms with Crippen molar-refractivity contribution in [3.05, 3.63) is 12.2 Å². The Morgan fingerprint density at radius 1 is 1.50 bits per heavy atom. The zero-order valence-electron chi connectivity index (χ0n) is 9.67. The average molecular weight is 199 g/mol. The van der Waals surface area contributed by atoms with Crippen molar-refractivity contribution in [3.63, 3.8) is 0 Å². The molecule has 0 aliphatic carbocycles. The van der Waals surface area contributed by atoms with Crippen molar-refractivity contribution >= 4 is 5.97 Å². The minimum atomic E-state index is -0.298. The van der Waals surface area contributed by atoms with E-state index in [0.29, 0.717) is 18.2 Å². The Hall–Kier alpha value is -0.830. The van der Waals surface area contributed by atoms with Crippen molar-refractivity contribution in [1.29, 1.82) is 0 Å². The molecule has 0 aliphatic rings. The number of ether oxygens (including phenoxy) is 1. The third-order valence-corrected chi connectivity index (χ3v) is 2.11. The molecule has 0 heterocycles. The second kappa shape index (κ2) is 6.60. The molecular weight excluding hydrogens is 178 g/mol. The Kier molecular flexibility index (Phi) is 6.21. The zero-order valence-corrected chi connectivity index (χ0v) is 9.67. The van der Waals surface area contributed by atoms with Gasteiger partial charge in [-0.05, 0) is 27.4 Å². The van der Waals surface area contributed by atoms with Crippen molar-refractivity contribution in [2.75, 3.05) is 20.7 Å². The number of rotatable bonds is 6. The van der Waals surface area contributed by atoms with E-state index >= 15 is 0 Å². The summed E-state index contributed by atoms with van der Waals surface area (Å²) in [5.74, 6) is -0.298. The predicted molar refractivity (Wildman–Crippen MR) is 58.2 cm³/mol. The van der Waals surface area contributed by atoms with Crippen LogP contribution in [0.25, 0.3) is 0 Å². The van der Waals surface area contributed by atoms with E-state index in [0.717, 1.165) is 12.8 Å². The lowest BCUT2D eigenvalue weighted by Gasteiger charge is -2.23. The lowest BCUT2D eigenvalue weighted by atomic mass is 10.1. The van der Waals surface area contributed by atoms with Gasteiger partial charge in [0.15, 0.2) is 0 Å². The van der Waals surface area contributed by atoms with Gasteiger partial charge in [-0.1, -0.05) is 19.9 Å². The molecule has 1 atom stereocenters. The van der Waals surface area contributed by atoms with Crippen molar-refractivity contribution in [1.82, 2.24) is 4.90 Å². The monoisotopic (exact) mass is 199 g/mol. The molecule has 0 radical (unpaired) electrons. The maximum atomic E-state index is 11.1. The first kappa shape index (κ1) is 13.2. The highest BCUT2D eigenvalue weighted by Gasteiger charge is 2.13. The van der Waals surface area contributed by atoms with Gasteiger partial charge in [0.25, 0.3) is 0 Å². The summed E-state index contributed by atoms with van der Waals surface area (Å²) < 4.78 is 5.10. The molecule has 0 N–H and O–H groups in total. The molecule has 0 aliphatic heterocycles. The van der Waals surface area contributed by atoms with Crippen LogP contribution in [0.15, 0.2) is 12.2 Å². The molecule has 14 heavy (non-hydrogen) atoms. The number of nitrogens with zero attached hydrogens (tertiary/aromatic N) is 1. The third-order valence-electron chi connectivity index (χ3n) is 2.11. The number of carbonyl (C=O) groups excluding carboxylic acids is 1. The summed E-state index contributed by atoms with van der Waals surface area (Å²) in [5.41, 5.74) is 0.457. The number of esters is 1. The molecule has 0 spiro atoms. The van der Waals surface area contributed by atoms with Gasteiger partial charge in [-0.3, -0.25) is 0 Å². The summed E-state index contributed by atoms with van der Waals surface area (Å²) in [6, 6.07) is 0.309. The molecule has 0 bridgehead atoms. The highest BCUT2D eigenvalue weighted by Crippen LogP contribution is 2.04. The van der Waals surface area contributed by atoms with Crippen LogP contribution in [0, 0.1) is 0 Å². The van der Waals surface area contributed by atoms with E-state index in [-0.39, 0.29) is 5.97 Å². The SMILES string of the molecule is C=C(C)C(=O)OCC(CCC)N(C)C. The van der Waals surface area contributed by atoms with Crippen LogP contribution in [0.5, 0.6) is 0 Å². The van der Waals surface area contributed by atoms with Gasteiger partial charge < -0.3 is 9.64 Å². The Bertz CT molecular complexity index is 199. The van der Waals surface area contributed by atoms with E-state index in [4.69, 9.17) is 4.74 Å². The van der Waals surface area contributed by atoms with Gasteiger partial charge in [0.1, 0.15) is 6.61 Å². The highest BCUT2D eigenvalue weighted by molar-refractivity contribution is 5.86. The molecule has 1 unspecified atom stereocenters. The van der Waals surface area contributed by atoms with E-state index in [2.05, 4.69) is 18.4 Å². The second-order valence-electron chi connectivity index (χ2n) is 3.78. The van der Waals surface area contributed by atoms with E-state index < -0.39 is 0 Å². The van der Waals surface area contributed by atoms with Crippen molar-refractivity contribution in [3.8, 4) is 0 Å². The van der Waals surface area contributed by atoms with Crippen LogP contribution in [0.4, 0.5) is 0 Å². The van der Waals surface area contributed by atoms with Gasteiger partial charge >= 0.3 is 5.97 Å². The number of hydrogen-bond acceptors (Lipinski definition) is 3. The zero-order chi connectivity index (χ0) is 11.1. The normalized spacial score (nSPS) is 12.6. The standard InChI is InChI=1S/C11H21NO2/c1-6-7-10(12(4)5)8-14-11(13)9(2)3/h10H,2,6-8H2,1,3-5H3. The molecule has 3 nitrogen and oxygen atoms in total. The molecule has 0 rings (SSSR count). The van der Waals surface area contributed by atoms with Crippen molar-refractivity contribution < 1.29 is 9.53 Å². The molecule has 0 saturated carbocycles. The van der Waals surface area contributed by atoms with E-state index in [1.165, 1.54) is 0 Å². The Morgan fingerprint density at radius 2 is 2.07 bits per heavy atom. The second-order valence-corrected chi connectivity index (χ2v) is 3.78. The summed E-state index contributed by atoms with van der Waals surface area (Å²) in [7, 11) is 3.99. The van der Waals surface area contributed by atoms with Crippen LogP contribution >= 0.6 is 0 Å². The summed E-state index contributed by atoms with van der Waals surface area (Å²) >= 11 is 0. The Morgan fingerprint density at radius 3 is 2.43 bits per heavy atom. The fourth-order valence-electron chi connectivity index (χ4n) is 1.12. The molecule has 82 valence electrons. The van der Waals surface area contributed by atoms with Gasteiger partial charge in [0.05, 0.1) is 0 Å². The lowest BCUT2D eigenvalue weighted by Crippen LogP contribution is -2.33. The first-order valence-electron chi connectivity index (χ1n) is 4.98. The van der Waals surface area contributed by atoms with Gasteiger partial charge in [-0.2, -0.15) is 0 Å². The van der Waals surface area contributed by atoms with Crippen molar-refractivity contribution in [2.45, 2.75) is 32.7 Å². The molecule has 3 heteroatoms. The fraction of sp³-hybridized carbons (Fsp3) is 0.727. The van der Waals surface area contributed by atoms with Crippen LogP contribution in [0.1, 0.15) is 26.7 Å². The number of likely N-dealkylation sites (N-methyl/N-ethyl adjacent to an activating group) is 1. The predicted octanol–water partition coefficient (Wildman–Crippen LogP) is 1.84. The first-order chi connectivity index (χ1) is 6.49. The summed E-state index contributed by atoms with van der Waals surface area (Å²) in [6.07, 6.45) is 2.13. The minimum absolute atomic E-state index is 0.298. The molecular formula is C11H21NO2. The average Bonchev–Trinajstić information content (AvgIpc) is 2.10. The van der Waals surface area contributed by atoms with E-state index in [9.17, 15) is 4.79 Å². The highest BCUT2D eigenvalue weighted by atomic mass is 16.5. The van der Waals surface area contributed by atoms with Gasteiger partial charge in [-0.15, -0.1) is 0 Å². The van der Waals surface area contributed by atoms with Crippen LogP contribution in [-0.2, 0) is 9.53 Å². The lowest BCUT2D eigenvalue weighted by molar-refractivity contribution is -0.140. The van der Waals surface area contributed by atoms with Crippen LogP contribution < -0.4 is 0 Å².